The van der Waals surface area contributed by atoms with Gasteiger partial charge < -0.3 is 14.8 Å². The zero-order valence-electron chi connectivity index (χ0n) is 12.9. The molecule has 1 aliphatic heterocycles. The van der Waals surface area contributed by atoms with Crippen molar-refractivity contribution in [1.82, 2.24) is 5.32 Å². The van der Waals surface area contributed by atoms with E-state index in [4.69, 9.17) is 4.74 Å². The summed E-state index contributed by atoms with van der Waals surface area (Å²) in [7, 11) is 0. The molecule has 1 N–H and O–H groups in total. The van der Waals surface area contributed by atoms with E-state index in [0.29, 0.717) is 30.6 Å². The van der Waals surface area contributed by atoms with Crippen LogP contribution in [0.2, 0.25) is 0 Å². The van der Waals surface area contributed by atoms with Crippen molar-refractivity contribution in [3.63, 3.8) is 0 Å². The predicted octanol–water partition coefficient (Wildman–Crippen LogP) is 3.15. The zero-order chi connectivity index (χ0) is 16.2. The minimum Gasteiger partial charge on any atom is -0.489 e. The summed E-state index contributed by atoms with van der Waals surface area (Å²) in [5.41, 5.74) is 1.01. The Morgan fingerprint density at radius 3 is 2.70 bits per heavy atom. The smallest absolute Gasteiger partial charge is 0.387 e. The number of carbonyl (C=O) groups excluding carboxylic acids is 1. The van der Waals surface area contributed by atoms with Gasteiger partial charge in [-0.25, -0.2) is 0 Å². The maximum absolute atomic E-state index is 12.5. The first-order chi connectivity index (χ1) is 11.1. The van der Waals surface area contributed by atoms with E-state index in [2.05, 4.69) is 10.1 Å². The van der Waals surface area contributed by atoms with Crippen LogP contribution in [0.15, 0.2) is 18.2 Å². The predicted molar refractivity (Wildman–Crippen MR) is 80.7 cm³/mol. The van der Waals surface area contributed by atoms with Gasteiger partial charge in [0.05, 0.1) is 6.61 Å². The molecule has 4 nitrogen and oxygen atoms in total. The van der Waals surface area contributed by atoms with Crippen LogP contribution in [0.25, 0.3) is 0 Å². The Morgan fingerprint density at radius 1 is 1.22 bits per heavy atom. The summed E-state index contributed by atoms with van der Waals surface area (Å²) in [6, 6.07) is 5.11. The highest BCUT2D eigenvalue weighted by Crippen LogP contribution is 2.34. The summed E-state index contributed by atoms with van der Waals surface area (Å²) in [5, 5.41) is 2.82. The first-order valence-electron chi connectivity index (χ1n) is 8.07. The minimum absolute atomic E-state index is 0.0853. The van der Waals surface area contributed by atoms with Crippen LogP contribution in [0.1, 0.15) is 31.2 Å². The molecule has 2 fully saturated rings. The van der Waals surface area contributed by atoms with Crippen molar-refractivity contribution in [2.45, 2.75) is 38.7 Å². The number of aryl methyl sites for hydroxylation is 1. The van der Waals surface area contributed by atoms with E-state index in [0.717, 1.165) is 37.8 Å². The number of benzene rings is 1. The molecule has 0 spiro atoms. The van der Waals surface area contributed by atoms with Crippen molar-refractivity contribution in [3.8, 4) is 11.5 Å². The number of rotatable bonds is 8. The summed E-state index contributed by atoms with van der Waals surface area (Å²) in [6.45, 7) is -1.60. The van der Waals surface area contributed by atoms with Crippen LogP contribution in [-0.2, 0) is 11.2 Å². The first kappa shape index (κ1) is 16.0. The second-order valence-corrected chi connectivity index (χ2v) is 6.33. The standard InChI is InChI=1S/C17H21F2NO3/c18-17(19)23-14-6-5-11(1-4-13-8-16(21)20-9-13)7-15(14)22-10-12-2-3-12/h5-7,12-13,17H,1-4,8-10H2,(H,20,21). The Hall–Kier alpha value is -1.85. The van der Waals surface area contributed by atoms with E-state index < -0.39 is 6.61 Å². The van der Waals surface area contributed by atoms with Crippen LogP contribution in [0.4, 0.5) is 8.78 Å². The lowest BCUT2D eigenvalue weighted by molar-refractivity contribution is -0.119. The molecule has 126 valence electrons. The Morgan fingerprint density at radius 2 is 2.04 bits per heavy atom. The van der Waals surface area contributed by atoms with Crippen LogP contribution < -0.4 is 14.8 Å². The Labute approximate surface area is 134 Å². The fourth-order valence-electron chi connectivity index (χ4n) is 2.75. The molecule has 3 rings (SSSR count). The third kappa shape index (κ3) is 4.81. The van der Waals surface area contributed by atoms with Gasteiger partial charge in [-0.05, 0) is 55.2 Å². The lowest BCUT2D eigenvalue weighted by Gasteiger charge is -2.14. The van der Waals surface area contributed by atoms with Gasteiger partial charge in [0.2, 0.25) is 5.91 Å². The van der Waals surface area contributed by atoms with Crippen molar-refractivity contribution >= 4 is 5.91 Å². The van der Waals surface area contributed by atoms with Gasteiger partial charge in [0, 0.05) is 13.0 Å². The molecule has 0 bridgehead atoms. The number of nitrogens with one attached hydrogen (secondary N) is 1. The van der Waals surface area contributed by atoms with Crippen LogP contribution in [0, 0.1) is 11.8 Å². The molecular weight excluding hydrogens is 304 g/mol. The third-order valence-corrected chi connectivity index (χ3v) is 4.30. The molecule has 6 heteroatoms. The summed E-state index contributed by atoms with van der Waals surface area (Å²) >= 11 is 0. The fraction of sp³-hybridized carbons (Fsp3) is 0.588. The Bertz CT molecular complexity index is 561. The number of carbonyl (C=O) groups is 1. The van der Waals surface area contributed by atoms with Crippen LogP contribution in [0.5, 0.6) is 11.5 Å². The molecule has 1 unspecified atom stereocenters. The molecule has 1 saturated heterocycles. The second-order valence-electron chi connectivity index (χ2n) is 6.33. The van der Waals surface area contributed by atoms with E-state index >= 15 is 0 Å². The van der Waals surface area contributed by atoms with Crippen LogP contribution in [-0.4, -0.2) is 25.7 Å². The molecule has 1 aliphatic carbocycles. The van der Waals surface area contributed by atoms with Gasteiger partial charge in [0.15, 0.2) is 11.5 Å². The van der Waals surface area contributed by atoms with Crippen molar-refractivity contribution in [2.24, 2.45) is 11.8 Å². The van der Waals surface area contributed by atoms with Crippen LogP contribution in [0.3, 0.4) is 0 Å². The minimum atomic E-state index is -2.86. The summed E-state index contributed by atoms with van der Waals surface area (Å²) in [6.07, 6.45) is 4.50. The lowest BCUT2D eigenvalue weighted by atomic mass is 9.98. The quantitative estimate of drug-likeness (QED) is 0.799. The van der Waals surface area contributed by atoms with Gasteiger partial charge in [0.1, 0.15) is 0 Å². The molecule has 1 saturated carbocycles. The summed E-state index contributed by atoms with van der Waals surface area (Å²) in [5.74, 6) is 1.45. The molecule has 0 aromatic heterocycles. The number of halogens is 2. The molecule has 1 amide bonds. The van der Waals surface area contributed by atoms with E-state index in [1.165, 1.54) is 0 Å². The van der Waals surface area contributed by atoms with Crippen LogP contribution >= 0.6 is 0 Å². The zero-order valence-corrected chi connectivity index (χ0v) is 12.9. The lowest BCUT2D eigenvalue weighted by Crippen LogP contribution is -2.14. The molecule has 0 radical (unpaired) electrons. The molecule has 1 aromatic carbocycles. The van der Waals surface area contributed by atoms with Crippen molar-refractivity contribution in [3.05, 3.63) is 23.8 Å². The number of amides is 1. The molecule has 2 aliphatic rings. The van der Waals surface area contributed by atoms with Gasteiger partial charge in [0.25, 0.3) is 0 Å². The molecule has 1 aromatic rings. The topological polar surface area (TPSA) is 47.6 Å². The second kappa shape index (κ2) is 7.15. The highest BCUT2D eigenvalue weighted by Gasteiger charge is 2.24. The van der Waals surface area contributed by atoms with Crippen molar-refractivity contribution in [2.75, 3.05) is 13.2 Å². The first-order valence-corrected chi connectivity index (χ1v) is 8.07. The molecule has 1 atom stereocenters. The van der Waals surface area contributed by atoms with Gasteiger partial charge in [-0.15, -0.1) is 0 Å². The summed E-state index contributed by atoms with van der Waals surface area (Å²) in [4.78, 5) is 11.2. The van der Waals surface area contributed by atoms with Crippen molar-refractivity contribution in [1.29, 1.82) is 0 Å². The number of ether oxygens (including phenoxy) is 2. The monoisotopic (exact) mass is 325 g/mol. The normalized spacial score (nSPS) is 20.7. The molecule has 1 heterocycles. The Balaban J connectivity index is 1.62. The maximum Gasteiger partial charge on any atom is 0.387 e. The fourth-order valence-corrected chi connectivity index (χ4v) is 2.75. The third-order valence-electron chi connectivity index (χ3n) is 4.30. The maximum atomic E-state index is 12.5. The molecular formula is C17H21F2NO3. The largest absolute Gasteiger partial charge is 0.489 e. The summed E-state index contributed by atoms with van der Waals surface area (Å²) < 4.78 is 35.2. The molecule has 23 heavy (non-hydrogen) atoms. The van der Waals surface area contributed by atoms with Gasteiger partial charge >= 0.3 is 6.61 Å². The number of hydrogen-bond donors (Lipinski definition) is 1. The number of hydrogen-bond acceptors (Lipinski definition) is 3. The SMILES string of the molecule is O=C1CC(CCc2ccc(OC(F)F)c(OCC3CC3)c2)CN1. The van der Waals surface area contributed by atoms with Gasteiger partial charge in [-0.1, -0.05) is 6.07 Å². The highest BCUT2D eigenvalue weighted by atomic mass is 19.3. The van der Waals surface area contributed by atoms with Gasteiger partial charge in [-0.2, -0.15) is 8.78 Å². The Kier molecular flexibility index (Phi) is 4.98. The average Bonchev–Trinajstić information content (AvgIpc) is 3.25. The highest BCUT2D eigenvalue weighted by molar-refractivity contribution is 5.78. The van der Waals surface area contributed by atoms with E-state index in [1.807, 2.05) is 0 Å². The number of alkyl halides is 2. The van der Waals surface area contributed by atoms with E-state index in [1.54, 1.807) is 18.2 Å². The van der Waals surface area contributed by atoms with E-state index in [-0.39, 0.29) is 11.7 Å². The van der Waals surface area contributed by atoms with Gasteiger partial charge in [-0.3, -0.25) is 4.79 Å². The van der Waals surface area contributed by atoms with Crippen molar-refractivity contribution < 1.29 is 23.0 Å². The average molecular weight is 325 g/mol. The van der Waals surface area contributed by atoms with E-state index in [9.17, 15) is 13.6 Å².